The molecule has 4 rings (SSSR count). The van der Waals surface area contributed by atoms with Gasteiger partial charge in [0.15, 0.2) is 0 Å². The van der Waals surface area contributed by atoms with Crippen molar-refractivity contribution >= 4 is 23.0 Å². The fraction of sp³-hybridized carbons (Fsp3) is 0.273. The topological polar surface area (TPSA) is 93.0 Å². The number of nitrogens with one attached hydrogen (secondary N) is 1. The van der Waals surface area contributed by atoms with E-state index < -0.39 is 29.3 Å². The third-order valence-electron chi connectivity index (χ3n) is 5.26. The molecule has 1 aliphatic heterocycles. The van der Waals surface area contributed by atoms with E-state index in [-0.39, 0.29) is 17.7 Å². The average molecular weight is 440 g/mol. The second kappa shape index (κ2) is 8.43. The number of hydrogen-bond acceptors (Lipinski definition) is 5. The Hall–Kier alpha value is -3.33. The van der Waals surface area contributed by atoms with Crippen LogP contribution in [0.4, 0.5) is 4.39 Å². The number of imidazole rings is 1. The van der Waals surface area contributed by atoms with Crippen LogP contribution >= 0.6 is 11.3 Å². The summed E-state index contributed by atoms with van der Waals surface area (Å²) in [5, 5.41) is 13.6. The molecule has 3 heterocycles. The van der Waals surface area contributed by atoms with Gasteiger partial charge in [0, 0.05) is 24.1 Å². The summed E-state index contributed by atoms with van der Waals surface area (Å²) in [5.74, 6) is -2.78. The Morgan fingerprint density at radius 3 is 2.77 bits per heavy atom. The average Bonchev–Trinajstić information content (AvgIpc) is 3.43. The molecule has 0 aliphatic carbocycles. The minimum Gasteiger partial charge on any atom is -0.868 e. The Labute approximate surface area is 182 Å². The number of Topliss-reactive ketones (excluding diaryl/α,β-unsaturated/α-hetero) is 1. The first kappa shape index (κ1) is 20.9. The normalized spacial score (nSPS) is 16.4. The number of H-pyrrole nitrogens is 1. The minimum atomic E-state index is -1.06. The number of thiazole rings is 1. The van der Waals surface area contributed by atoms with Crippen molar-refractivity contribution in [3.8, 4) is 0 Å². The van der Waals surface area contributed by atoms with Gasteiger partial charge in [-0.15, -0.1) is 11.3 Å². The highest BCUT2D eigenvalue weighted by Crippen LogP contribution is 2.40. The van der Waals surface area contributed by atoms with Crippen molar-refractivity contribution in [1.82, 2.24) is 14.9 Å². The van der Waals surface area contributed by atoms with Crippen LogP contribution < -0.4 is 9.67 Å². The molecule has 31 heavy (non-hydrogen) atoms. The molecule has 9 heteroatoms. The van der Waals surface area contributed by atoms with E-state index in [0.29, 0.717) is 28.5 Å². The first-order valence-electron chi connectivity index (χ1n) is 9.85. The molecule has 1 amide bonds. The van der Waals surface area contributed by atoms with E-state index in [1.165, 1.54) is 34.4 Å². The van der Waals surface area contributed by atoms with Crippen molar-refractivity contribution in [3.63, 3.8) is 0 Å². The molecule has 1 aliphatic rings. The van der Waals surface area contributed by atoms with E-state index in [1.807, 2.05) is 10.8 Å². The molecule has 0 radical (unpaired) electrons. The predicted molar refractivity (Wildman–Crippen MR) is 109 cm³/mol. The van der Waals surface area contributed by atoms with Crippen LogP contribution in [0.5, 0.6) is 0 Å². The molecular weight excluding hydrogens is 419 g/mol. The molecule has 2 aromatic heterocycles. The Bertz CT molecular complexity index is 1170. The molecule has 3 aromatic rings. The van der Waals surface area contributed by atoms with Gasteiger partial charge in [-0.1, -0.05) is 18.2 Å². The van der Waals surface area contributed by atoms with Crippen molar-refractivity contribution in [2.24, 2.45) is 0 Å². The second-order valence-corrected chi connectivity index (χ2v) is 8.55. The van der Waals surface area contributed by atoms with E-state index in [9.17, 15) is 19.1 Å². The number of aromatic nitrogens is 3. The van der Waals surface area contributed by atoms with E-state index in [4.69, 9.17) is 0 Å². The Kier molecular flexibility index (Phi) is 5.69. The van der Waals surface area contributed by atoms with Gasteiger partial charge in [-0.3, -0.25) is 14.6 Å². The Balaban J connectivity index is 1.71. The first-order chi connectivity index (χ1) is 14.9. The Morgan fingerprint density at radius 1 is 1.35 bits per heavy atom. The quantitative estimate of drug-likeness (QED) is 0.449. The highest BCUT2D eigenvalue weighted by atomic mass is 32.1. The number of carbonyl (C=O) groups is 2. The highest BCUT2D eigenvalue weighted by molar-refractivity contribution is 7.14. The molecule has 0 fully saturated rings. The number of rotatable bonds is 7. The largest absolute Gasteiger partial charge is 0.868 e. The summed E-state index contributed by atoms with van der Waals surface area (Å²) >= 11 is 1.17. The molecule has 0 saturated heterocycles. The monoisotopic (exact) mass is 440 g/mol. The van der Waals surface area contributed by atoms with Crippen molar-refractivity contribution in [3.05, 3.63) is 81.3 Å². The van der Waals surface area contributed by atoms with Gasteiger partial charge >= 0.3 is 0 Å². The van der Waals surface area contributed by atoms with Crippen LogP contribution in [0.25, 0.3) is 0 Å². The van der Waals surface area contributed by atoms with Gasteiger partial charge in [0.2, 0.25) is 18.0 Å². The number of aromatic amines is 1. The molecule has 0 saturated carbocycles. The molecule has 1 atom stereocenters. The number of nitrogens with zero attached hydrogens (tertiary/aromatic N) is 3. The van der Waals surface area contributed by atoms with E-state index in [1.54, 1.807) is 32.4 Å². The smallest absolute Gasteiger partial charge is 0.241 e. The number of carbonyl (C=O) groups excluding carboxylic acids is 2. The maximum Gasteiger partial charge on any atom is 0.241 e. The predicted octanol–water partition coefficient (Wildman–Crippen LogP) is 1.99. The van der Waals surface area contributed by atoms with Gasteiger partial charge < -0.3 is 10.0 Å². The number of amides is 1. The molecule has 7 nitrogen and oxygen atoms in total. The zero-order valence-corrected chi connectivity index (χ0v) is 17.9. The van der Waals surface area contributed by atoms with Gasteiger partial charge in [0.25, 0.3) is 0 Å². The lowest BCUT2D eigenvalue weighted by molar-refractivity contribution is -0.695. The fourth-order valence-corrected chi connectivity index (χ4v) is 4.74. The van der Waals surface area contributed by atoms with Crippen LogP contribution in [-0.2, 0) is 11.3 Å². The van der Waals surface area contributed by atoms with E-state index in [0.717, 1.165) is 0 Å². The van der Waals surface area contributed by atoms with Crippen LogP contribution in [0.15, 0.2) is 54.3 Å². The first-order valence-corrected chi connectivity index (χ1v) is 10.7. The van der Waals surface area contributed by atoms with Crippen LogP contribution in [0.3, 0.4) is 0 Å². The summed E-state index contributed by atoms with van der Waals surface area (Å²) in [6.07, 6.45) is 5.94. The molecule has 1 aromatic carbocycles. The SMILES string of the molecule is Cc1nc(C)c(C(=O)C2=C([O-])C(=O)N(CCC[n+]3cc[nH]c3)C2c2ccccc2F)s1. The van der Waals surface area contributed by atoms with E-state index >= 15 is 0 Å². The van der Waals surface area contributed by atoms with Crippen LogP contribution in [0.2, 0.25) is 0 Å². The minimum absolute atomic E-state index is 0.137. The molecule has 0 spiro atoms. The molecule has 0 bridgehead atoms. The van der Waals surface area contributed by atoms with Crippen molar-refractivity contribution in [2.45, 2.75) is 32.9 Å². The molecule has 1 N–H and O–H groups in total. The van der Waals surface area contributed by atoms with Gasteiger partial charge in [0.05, 0.1) is 28.2 Å². The van der Waals surface area contributed by atoms with Crippen molar-refractivity contribution < 1.29 is 23.7 Å². The van der Waals surface area contributed by atoms with E-state index in [2.05, 4.69) is 9.97 Å². The number of halogens is 1. The van der Waals surface area contributed by atoms with Gasteiger partial charge in [0.1, 0.15) is 18.2 Å². The standard InChI is InChI=1S/C22H21FN4O3S/c1-13-21(31-14(2)25-13)19(28)17-18(15-6-3-4-7-16(15)23)27(22(30)20(17)29)10-5-9-26-11-8-24-12-26/h3-4,6-8,11-12,18H,5,9-10H2,1-2H3,(H,28,29). The second-order valence-electron chi connectivity index (χ2n) is 7.34. The van der Waals surface area contributed by atoms with Gasteiger partial charge in [-0.25, -0.2) is 13.9 Å². The third kappa shape index (κ3) is 3.88. The summed E-state index contributed by atoms with van der Waals surface area (Å²) < 4.78 is 16.6. The maximum atomic E-state index is 14.7. The molecule has 160 valence electrons. The summed E-state index contributed by atoms with van der Waals surface area (Å²) in [7, 11) is 0. The highest BCUT2D eigenvalue weighted by Gasteiger charge is 2.41. The van der Waals surface area contributed by atoms with Crippen LogP contribution in [0.1, 0.15) is 38.4 Å². The molecule has 1 unspecified atom stereocenters. The Morgan fingerprint density at radius 2 is 2.13 bits per heavy atom. The summed E-state index contributed by atoms with van der Waals surface area (Å²) in [5.41, 5.74) is 0.421. The number of benzene rings is 1. The van der Waals surface area contributed by atoms with Gasteiger partial charge in [-0.05, 0) is 25.7 Å². The fourth-order valence-electron chi connectivity index (χ4n) is 3.87. The lowest BCUT2D eigenvalue weighted by Gasteiger charge is -2.27. The van der Waals surface area contributed by atoms with Crippen LogP contribution in [0, 0.1) is 19.7 Å². The number of aryl methyl sites for hydroxylation is 3. The number of ketones is 1. The summed E-state index contributed by atoms with van der Waals surface area (Å²) in [6.45, 7) is 4.25. The lowest BCUT2D eigenvalue weighted by Crippen LogP contribution is -2.37. The third-order valence-corrected chi connectivity index (χ3v) is 6.33. The van der Waals surface area contributed by atoms with Crippen LogP contribution in [-0.4, -0.2) is 33.1 Å². The zero-order valence-electron chi connectivity index (χ0n) is 17.1. The number of hydrogen-bond donors (Lipinski definition) is 1. The van der Waals surface area contributed by atoms with Crippen molar-refractivity contribution in [2.75, 3.05) is 6.54 Å². The summed E-state index contributed by atoms with van der Waals surface area (Å²) in [4.78, 5) is 35.0. The maximum absolute atomic E-state index is 14.7. The zero-order chi connectivity index (χ0) is 22.1. The summed E-state index contributed by atoms with van der Waals surface area (Å²) in [6, 6.07) is 4.87. The van der Waals surface area contributed by atoms with Gasteiger partial charge in [-0.2, -0.15) is 0 Å². The molecular formula is C22H21FN4O3S. The lowest BCUT2D eigenvalue weighted by atomic mass is 9.94. The van der Waals surface area contributed by atoms with Crippen molar-refractivity contribution in [1.29, 1.82) is 0 Å².